The van der Waals surface area contributed by atoms with Gasteiger partial charge in [-0.15, -0.1) is 0 Å². The summed E-state index contributed by atoms with van der Waals surface area (Å²) in [6, 6.07) is 0. The summed E-state index contributed by atoms with van der Waals surface area (Å²) in [6.45, 7) is 8.11. The van der Waals surface area contributed by atoms with Gasteiger partial charge in [0.2, 0.25) is 0 Å². The van der Waals surface area contributed by atoms with E-state index < -0.39 is 0 Å². The van der Waals surface area contributed by atoms with E-state index in [0.717, 1.165) is 26.1 Å². The molecule has 0 aromatic carbocycles. The number of aliphatic hydroxyl groups excluding tert-OH is 1. The van der Waals surface area contributed by atoms with Crippen LogP contribution < -0.4 is 0 Å². The van der Waals surface area contributed by atoms with Crippen LogP contribution in [0.2, 0.25) is 0 Å². The Morgan fingerprint density at radius 1 is 1.50 bits per heavy atom. The Morgan fingerprint density at radius 2 is 2.21 bits per heavy atom. The topological polar surface area (TPSA) is 29.5 Å². The highest BCUT2D eigenvalue weighted by Gasteiger charge is 2.35. The molecule has 0 aromatic heterocycles. The lowest BCUT2D eigenvalue weighted by Crippen LogP contribution is -2.36. The molecule has 0 aromatic rings. The third kappa shape index (κ3) is 2.96. The Kier molecular flexibility index (Phi) is 4.39. The first kappa shape index (κ1) is 12.0. The van der Waals surface area contributed by atoms with Crippen LogP contribution in [0.1, 0.15) is 46.5 Å². The second kappa shape index (κ2) is 5.13. The molecule has 1 rings (SSSR count). The fraction of sp³-hybridized carbons (Fsp3) is 1.00. The highest BCUT2D eigenvalue weighted by atomic mass is 16.5. The summed E-state index contributed by atoms with van der Waals surface area (Å²) in [7, 11) is 0. The van der Waals surface area contributed by atoms with Gasteiger partial charge in [0.1, 0.15) is 0 Å². The van der Waals surface area contributed by atoms with E-state index in [1.165, 1.54) is 12.8 Å². The van der Waals surface area contributed by atoms with Crippen LogP contribution in [0.25, 0.3) is 0 Å². The van der Waals surface area contributed by atoms with E-state index >= 15 is 0 Å². The summed E-state index contributed by atoms with van der Waals surface area (Å²) in [5.74, 6) is 0.363. The van der Waals surface area contributed by atoms with Crippen LogP contribution in [-0.4, -0.2) is 24.4 Å². The summed E-state index contributed by atoms with van der Waals surface area (Å²) in [4.78, 5) is 0. The summed E-state index contributed by atoms with van der Waals surface area (Å²) in [6.07, 6.45) is 4.35. The molecule has 2 unspecified atom stereocenters. The van der Waals surface area contributed by atoms with E-state index in [9.17, 15) is 5.11 Å². The van der Waals surface area contributed by atoms with Crippen LogP contribution in [0.4, 0.5) is 0 Å². The molecule has 2 atom stereocenters. The molecule has 1 heterocycles. The molecular weight excluding hydrogens is 176 g/mol. The summed E-state index contributed by atoms with van der Waals surface area (Å²) < 4.78 is 5.32. The van der Waals surface area contributed by atoms with Gasteiger partial charge >= 0.3 is 0 Å². The highest BCUT2D eigenvalue weighted by Crippen LogP contribution is 2.34. The van der Waals surface area contributed by atoms with Crippen molar-refractivity contribution in [3.63, 3.8) is 0 Å². The van der Waals surface area contributed by atoms with Crippen LogP contribution in [0.3, 0.4) is 0 Å². The molecule has 84 valence electrons. The van der Waals surface area contributed by atoms with Crippen LogP contribution in [0, 0.1) is 11.3 Å². The average Bonchev–Trinajstić information content (AvgIpc) is 2.66. The third-order valence-corrected chi connectivity index (χ3v) is 3.39. The number of hydrogen-bond donors (Lipinski definition) is 1. The van der Waals surface area contributed by atoms with E-state index in [4.69, 9.17) is 4.74 Å². The molecule has 2 nitrogen and oxygen atoms in total. The van der Waals surface area contributed by atoms with Gasteiger partial charge < -0.3 is 9.84 Å². The molecule has 1 N–H and O–H groups in total. The Hall–Kier alpha value is -0.0800. The summed E-state index contributed by atoms with van der Waals surface area (Å²) >= 11 is 0. The monoisotopic (exact) mass is 200 g/mol. The molecule has 0 amide bonds. The number of rotatable bonds is 5. The van der Waals surface area contributed by atoms with Crippen molar-refractivity contribution in [3.05, 3.63) is 0 Å². The Labute approximate surface area is 87.7 Å². The zero-order valence-corrected chi connectivity index (χ0v) is 9.75. The predicted octanol–water partition coefficient (Wildman–Crippen LogP) is 2.60. The van der Waals surface area contributed by atoms with Gasteiger partial charge in [-0.2, -0.15) is 0 Å². The van der Waals surface area contributed by atoms with Gasteiger partial charge in [-0.05, 0) is 18.3 Å². The van der Waals surface area contributed by atoms with Crippen LogP contribution in [0.5, 0.6) is 0 Å². The van der Waals surface area contributed by atoms with Crippen molar-refractivity contribution in [2.45, 2.75) is 52.6 Å². The fourth-order valence-corrected chi connectivity index (χ4v) is 2.22. The first-order valence-electron chi connectivity index (χ1n) is 5.83. The minimum Gasteiger partial charge on any atom is -0.392 e. The first-order chi connectivity index (χ1) is 6.58. The number of ether oxygens (including phenoxy) is 1. The van der Waals surface area contributed by atoms with Crippen molar-refractivity contribution in [3.8, 4) is 0 Å². The van der Waals surface area contributed by atoms with E-state index in [2.05, 4.69) is 20.8 Å². The molecule has 1 fully saturated rings. The van der Waals surface area contributed by atoms with E-state index in [-0.39, 0.29) is 11.5 Å². The van der Waals surface area contributed by atoms with Crippen molar-refractivity contribution < 1.29 is 9.84 Å². The quantitative estimate of drug-likeness (QED) is 0.739. The van der Waals surface area contributed by atoms with Crippen molar-refractivity contribution in [1.82, 2.24) is 0 Å². The van der Waals surface area contributed by atoms with Gasteiger partial charge in [-0.1, -0.05) is 33.6 Å². The summed E-state index contributed by atoms with van der Waals surface area (Å²) in [5.41, 5.74) is 0.0500. The standard InChI is InChI=1S/C12H24O2/c1-4-5-7-12(2,3)11(13)10-6-8-14-9-10/h10-11,13H,4-9H2,1-3H3. The molecule has 2 heteroatoms. The van der Waals surface area contributed by atoms with Crippen LogP contribution >= 0.6 is 0 Å². The lowest BCUT2D eigenvalue weighted by Gasteiger charge is -2.34. The highest BCUT2D eigenvalue weighted by molar-refractivity contribution is 4.85. The molecule has 1 aliphatic heterocycles. The van der Waals surface area contributed by atoms with E-state index in [0.29, 0.717) is 5.92 Å². The maximum absolute atomic E-state index is 10.2. The fourth-order valence-electron chi connectivity index (χ4n) is 2.22. The molecule has 1 saturated heterocycles. The van der Waals surface area contributed by atoms with Gasteiger partial charge in [-0.25, -0.2) is 0 Å². The predicted molar refractivity (Wildman–Crippen MR) is 58.2 cm³/mol. The number of hydrogen-bond acceptors (Lipinski definition) is 2. The van der Waals surface area contributed by atoms with Gasteiger partial charge in [0.25, 0.3) is 0 Å². The van der Waals surface area contributed by atoms with Gasteiger partial charge in [0.15, 0.2) is 0 Å². The molecular formula is C12H24O2. The Bertz CT molecular complexity index is 160. The molecule has 0 spiro atoms. The maximum atomic E-state index is 10.2. The van der Waals surface area contributed by atoms with E-state index in [1.807, 2.05) is 0 Å². The summed E-state index contributed by atoms with van der Waals surface area (Å²) in [5, 5.41) is 10.2. The lowest BCUT2D eigenvalue weighted by atomic mass is 9.76. The zero-order chi connectivity index (χ0) is 10.6. The lowest BCUT2D eigenvalue weighted by molar-refractivity contribution is -0.00778. The van der Waals surface area contributed by atoms with Gasteiger partial charge in [0.05, 0.1) is 12.7 Å². The molecule has 14 heavy (non-hydrogen) atoms. The first-order valence-corrected chi connectivity index (χ1v) is 5.83. The largest absolute Gasteiger partial charge is 0.392 e. The van der Waals surface area contributed by atoms with Crippen LogP contribution in [0.15, 0.2) is 0 Å². The van der Waals surface area contributed by atoms with Crippen molar-refractivity contribution in [2.75, 3.05) is 13.2 Å². The second-order valence-corrected chi connectivity index (χ2v) is 5.16. The molecule has 1 aliphatic rings. The minimum atomic E-state index is -0.198. The SMILES string of the molecule is CCCCC(C)(C)C(O)C1CCOC1. The number of aliphatic hydroxyl groups is 1. The molecule has 0 saturated carbocycles. The maximum Gasteiger partial charge on any atom is 0.0642 e. The molecule has 0 bridgehead atoms. The van der Waals surface area contributed by atoms with Crippen molar-refractivity contribution in [1.29, 1.82) is 0 Å². The third-order valence-electron chi connectivity index (χ3n) is 3.39. The van der Waals surface area contributed by atoms with Gasteiger partial charge in [-0.3, -0.25) is 0 Å². The normalized spacial score (nSPS) is 25.3. The van der Waals surface area contributed by atoms with Crippen LogP contribution in [-0.2, 0) is 4.74 Å². The zero-order valence-electron chi connectivity index (χ0n) is 9.75. The van der Waals surface area contributed by atoms with Crippen molar-refractivity contribution >= 4 is 0 Å². The Balaban J connectivity index is 2.43. The second-order valence-electron chi connectivity index (χ2n) is 5.16. The smallest absolute Gasteiger partial charge is 0.0642 e. The number of unbranched alkanes of at least 4 members (excludes halogenated alkanes) is 1. The van der Waals surface area contributed by atoms with Crippen molar-refractivity contribution in [2.24, 2.45) is 11.3 Å². The molecule has 0 aliphatic carbocycles. The average molecular weight is 200 g/mol. The Morgan fingerprint density at radius 3 is 2.71 bits per heavy atom. The minimum absolute atomic E-state index is 0.0500. The molecule has 0 radical (unpaired) electrons. The van der Waals surface area contributed by atoms with Gasteiger partial charge in [0, 0.05) is 12.5 Å². The van der Waals surface area contributed by atoms with E-state index in [1.54, 1.807) is 0 Å².